The van der Waals surface area contributed by atoms with Crippen LogP contribution in [0.3, 0.4) is 0 Å². The van der Waals surface area contributed by atoms with Crippen molar-refractivity contribution in [1.29, 1.82) is 5.26 Å². The maximum absolute atomic E-state index is 12.3. The summed E-state index contributed by atoms with van der Waals surface area (Å²) in [6.07, 6.45) is 1.21. The summed E-state index contributed by atoms with van der Waals surface area (Å²) >= 11 is 1.30. The number of ether oxygens (including phenoxy) is 1. The van der Waals surface area contributed by atoms with E-state index < -0.39 is 6.61 Å². The summed E-state index contributed by atoms with van der Waals surface area (Å²) < 4.78 is 29.0. The van der Waals surface area contributed by atoms with Crippen molar-refractivity contribution in [3.05, 3.63) is 53.7 Å². The number of rotatable bonds is 5. The van der Waals surface area contributed by atoms with Crippen molar-refractivity contribution < 1.29 is 13.5 Å². The van der Waals surface area contributed by atoms with Gasteiger partial charge in [0.15, 0.2) is 0 Å². The zero-order valence-electron chi connectivity index (χ0n) is 10.3. The minimum Gasteiger partial charge on any atom is -0.416 e. The Morgan fingerprint density at radius 3 is 2.70 bits per heavy atom. The average Bonchev–Trinajstić information content (AvgIpc) is 2.47. The van der Waals surface area contributed by atoms with Gasteiger partial charge < -0.3 is 4.74 Å². The van der Waals surface area contributed by atoms with Crippen LogP contribution in [0.25, 0.3) is 0 Å². The molecule has 0 unspecified atom stereocenters. The molecule has 2 rings (SSSR count). The molecular formula is C14H10F2N2OS. The van der Waals surface area contributed by atoms with E-state index in [0.717, 1.165) is 5.56 Å². The molecule has 0 N–H and O–H groups in total. The van der Waals surface area contributed by atoms with Crippen LogP contribution in [0.4, 0.5) is 8.78 Å². The maximum atomic E-state index is 12.3. The third-order valence-corrected chi connectivity index (χ3v) is 3.47. The van der Waals surface area contributed by atoms with Gasteiger partial charge in [0.05, 0.1) is 10.5 Å². The number of hydrogen-bond acceptors (Lipinski definition) is 4. The van der Waals surface area contributed by atoms with E-state index in [-0.39, 0.29) is 5.88 Å². The molecule has 0 aliphatic carbocycles. The third-order valence-electron chi connectivity index (χ3n) is 2.39. The van der Waals surface area contributed by atoms with E-state index >= 15 is 0 Å². The Labute approximate surface area is 119 Å². The molecule has 1 aromatic carbocycles. The summed E-state index contributed by atoms with van der Waals surface area (Å²) in [6.45, 7) is -2.94. The normalized spacial score (nSPS) is 10.3. The van der Waals surface area contributed by atoms with E-state index in [1.54, 1.807) is 0 Å². The van der Waals surface area contributed by atoms with Crippen molar-refractivity contribution in [3.8, 4) is 11.9 Å². The van der Waals surface area contributed by atoms with Gasteiger partial charge in [0, 0.05) is 11.9 Å². The van der Waals surface area contributed by atoms with Gasteiger partial charge in [0.25, 0.3) is 0 Å². The smallest absolute Gasteiger partial charge is 0.388 e. The Hall–Kier alpha value is -2.13. The number of nitriles is 1. The molecule has 0 saturated carbocycles. The monoisotopic (exact) mass is 292 g/mol. The van der Waals surface area contributed by atoms with Gasteiger partial charge in [0.1, 0.15) is 6.07 Å². The Morgan fingerprint density at radius 1 is 1.30 bits per heavy atom. The fourth-order valence-electron chi connectivity index (χ4n) is 1.50. The summed E-state index contributed by atoms with van der Waals surface area (Å²) in [7, 11) is 0. The first-order valence-corrected chi connectivity index (χ1v) is 6.69. The van der Waals surface area contributed by atoms with E-state index in [0.29, 0.717) is 16.2 Å². The Bertz CT molecular complexity index is 614. The van der Waals surface area contributed by atoms with Crippen LogP contribution in [0, 0.1) is 11.3 Å². The molecular weight excluding hydrogens is 282 g/mol. The van der Waals surface area contributed by atoms with Crippen LogP contribution in [0.5, 0.6) is 5.88 Å². The zero-order valence-corrected chi connectivity index (χ0v) is 11.1. The molecule has 1 heterocycles. The minimum absolute atomic E-state index is 0.153. The summed E-state index contributed by atoms with van der Waals surface area (Å²) in [5.41, 5.74) is 1.35. The van der Waals surface area contributed by atoms with Crippen LogP contribution in [-0.2, 0) is 5.75 Å². The van der Waals surface area contributed by atoms with Gasteiger partial charge >= 0.3 is 6.61 Å². The van der Waals surface area contributed by atoms with E-state index in [1.165, 1.54) is 24.0 Å². The SMILES string of the molecule is N#Cc1cnc(OC(F)F)c(SCc2ccccc2)c1. The number of thioether (sulfide) groups is 1. The molecule has 0 radical (unpaired) electrons. The Balaban J connectivity index is 2.17. The molecule has 6 heteroatoms. The van der Waals surface area contributed by atoms with Gasteiger partial charge in [-0.05, 0) is 11.6 Å². The maximum Gasteiger partial charge on any atom is 0.388 e. The van der Waals surface area contributed by atoms with Gasteiger partial charge in [-0.15, -0.1) is 11.8 Å². The van der Waals surface area contributed by atoms with E-state index in [9.17, 15) is 8.78 Å². The molecule has 0 atom stereocenters. The lowest BCUT2D eigenvalue weighted by molar-refractivity contribution is -0.0548. The molecule has 20 heavy (non-hydrogen) atoms. The second-order valence-electron chi connectivity index (χ2n) is 3.79. The highest BCUT2D eigenvalue weighted by Crippen LogP contribution is 2.31. The number of halogens is 2. The van der Waals surface area contributed by atoms with Crippen molar-refractivity contribution in [2.75, 3.05) is 0 Å². The quantitative estimate of drug-likeness (QED) is 0.785. The van der Waals surface area contributed by atoms with Crippen LogP contribution in [0.1, 0.15) is 11.1 Å². The van der Waals surface area contributed by atoms with Gasteiger partial charge in [-0.3, -0.25) is 0 Å². The third kappa shape index (κ3) is 3.93. The molecule has 0 aliphatic rings. The summed E-state index contributed by atoms with van der Waals surface area (Å²) in [4.78, 5) is 4.18. The molecule has 3 nitrogen and oxygen atoms in total. The van der Waals surface area contributed by atoms with Gasteiger partial charge in [-0.1, -0.05) is 30.3 Å². The van der Waals surface area contributed by atoms with Crippen molar-refractivity contribution in [1.82, 2.24) is 4.98 Å². The Kier molecular flexibility index (Phi) is 4.91. The first-order valence-electron chi connectivity index (χ1n) is 5.70. The molecule has 0 aliphatic heterocycles. The summed E-state index contributed by atoms with van der Waals surface area (Å²) in [6, 6.07) is 13.0. The van der Waals surface area contributed by atoms with Crippen LogP contribution in [0.2, 0.25) is 0 Å². The topological polar surface area (TPSA) is 45.9 Å². The molecule has 102 valence electrons. The molecule has 2 aromatic rings. The van der Waals surface area contributed by atoms with Crippen LogP contribution >= 0.6 is 11.8 Å². The predicted molar refractivity (Wildman–Crippen MR) is 71.6 cm³/mol. The number of alkyl halides is 2. The fourth-order valence-corrected chi connectivity index (χ4v) is 2.45. The van der Waals surface area contributed by atoms with Crippen molar-refractivity contribution in [3.63, 3.8) is 0 Å². The van der Waals surface area contributed by atoms with Crippen LogP contribution < -0.4 is 4.74 Å². The lowest BCUT2D eigenvalue weighted by Crippen LogP contribution is -2.05. The second-order valence-corrected chi connectivity index (χ2v) is 4.81. The molecule has 0 spiro atoms. The zero-order chi connectivity index (χ0) is 14.4. The molecule has 0 amide bonds. The van der Waals surface area contributed by atoms with Crippen molar-refractivity contribution in [2.45, 2.75) is 17.3 Å². The highest BCUT2D eigenvalue weighted by atomic mass is 32.2. The highest BCUT2D eigenvalue weighted by Gasteiger charge is 2.13. The largest absolute Gasteiger partial charge is 0.416 e. The lowest BCUT2D eigenvalue weighted by atomic mass is 10.2. The van der Waals surface area contributed by atoms with E-state index in [2.05, 4.69) is 9.72 Å². The number of benzene rings is 1. The number of nitrogens with zero attached hydrogens (tertiary/aromatic N) is 2. The van der Waals surface area contributed by atoms with Gasteiger partial charge in [-0.2, -0.15) is 14.0 Å². The molecule has 0 saturated heterocycles. The van der Waals surface area contributed by atoms with Gasteiger partial charge in [0.2, 0.25) is 5.88 Å². The summed E-state index contributed by atoms with van der Waals surface area (Å²) in [5, 5.41) is 8.83. The second kappa shape index (κ2) is 6.87. The fraction of sp³-hybridized carbons (Fsp3) is 0.143. The highest BCUT2D eigenvalue weighted by molar-refractivity contribution is 7.98. The van der Waals surface area contributed by atoms with E-state index in [4.69, 9.17) is 5.26 Å². The van der Waals surface area contributed by atoms with Gasteiger partial charge in [-0.25, -0.2) is 4.98 Å². The predicted octanol–water partition coefficient (Wildman–Crippen LogP) is 3.85. The first-order chi connectivity index (χ1) is 9.69. The standard InChI is InChI=1S/C14H10F2N2OS/c15-14(16)19-13-12(6-11(7-17)8-18-13)20-9-10-4-2-1-3-5-10/h1-6,8,14H,9H2. The number of hydrogen-bond donors (Lipinski definition) is 0. The van der Waals surface area contributed by atoms with Crippen molar-refractivity contribution >= 4 is 11.8 Å². The average molecular weight is 292 g/mol. The van der Waals surface area contributed by atoms with Crippen LogP contribution in [-0.4, -0.2) is 11.6 Å². The lowest BCUT2D eigenvalue weighted by Gasteiger charge is -2.09. The number of aromatic nitrogens is 1. The van der Waals surface area contributed by atoms with E-state index in [1.807, 2.05) is 36.4 Å². The Morgan fingerprint density at radius 2 is 2.05 bits per heavy atom. The minimum atomic E-state index is -2.94. The molecule has 0 fully saturated rings. The number of pyridine rings is 1. The van der Waals surface area contributed by atoms with Crippen LogP contribution in [0.15, 0.2) is 47.5 Å². The first kappa shape index (κ1) is 14.3. The molecule has 1 aromatic heterocycles. The van der Waals surface area contributed by atoms with Crippen molar-refractivity contribution in [2.24, 2.45) is 0 Å². The molecule has 0 bridgehead atoms. The summed E-state index contributed by atoms with van der Waals surface area (Å²) in [5.74, 6) is 0.428.